The number of halogens is 1. The Morgan fingerprint density at radius 3 is 2.82 bits per heavy atom. The third-order valence-electron chi connectivity index (χ3n) is 7.51. The Kier molecular flexibility index (Phi) is 6.34. The maximum Gasteiger partial charge on any atom is 0.244 e. The average Bonchev–Trinajstić information content (AvgIpc) is 3.48. The van der Waals surface area contributed by atoms with Crippen molar-refractivity contribution in [2.75, 3.05) is 7.11 Å². The number of carbonyl (C=O) groups is 1. The molecule has 3 aromatic rings. The summed E-state index contributed by atoms with van der Waals surface area (Å²) in [6, 6.07) is 18.2. The van der Waals surface area contributed by atoms with Gasteiger partial charge >= 0.3 is 0 Å². The average molecular weight is 521 g/mol. The van der Waals surface area contributed by atoms with Gasteiger partial charge < -0.3 is 9.47 Å². The number of nitrogens with zero attached hydrogens (tertiary/aromatic N) is 1. The highest BCUT2D eigenvalue weighted by Crippen LogP contribution is 2.66. The highest BCUT2D eigenvalue weighted by atomic mass is 79.9. The van der Waals surface area contributed by atoms with Gasteiger partial charge in [0.2, 0.25) is 5.91 Å². The van der Waals surface area contributed by atoms with E-state index >= 15 is 0 Å². The minimum absolute atomic E-state index is 0.0340. The predicted octanol–water partition coefficient (Wildman–Crippen LogP) is 6.47. The van der Waals surface area contributed by atoms with Gasteiger partial charge in [-0.3, -0.25) is 4.79 Å². The van der Waals surface area contributed by atoms with Gasteiger partial charge in [0.25, 0.3) is 0 Å². The van der Waals surface area contributed by atoms with Gasteiger partial charge in [-0.05, 0) is 74.1 Å². The van der Waals surface area contributed by atoms with Crippen LogP contribution >= 0.6 is 15.9 Å². The molecule has 0 bridgehead atoms. The van der Waals surface area contributed by atoms with Crippen molar-refractivity contribution in [3.63, 3.8) is 0 Å². The fraction of sp³-hybridized carbons (Fsp3) is 0.357. The van der Waals surface area contributed by atoms with Gasteiger partial charge in [0.15, 0.2) is 11.5 Å². The molecule has 34 heavy (non-hydrogen) atoms. The predicted molar refractivity (Wildman–Crippen MR) is 138 cm³/mol. The van der Waals surface area contributed by atoms with Gasteiger partial charge in [-0.25, -0.2) is 5.43 Å². The first-order chi connectivity index (χ1) is 16.5. The van der Waals surface area contributed by atoms with Crippen LogP contribution in [-0.2, 0) is 11.4 Å². The standard InChI is InChI=1S/C28H29BrN2O3/c1-28-13-6-5-12-22(28)25(28)27(32)31-30-16-18-14-23(29)26(24(15-18)33-2)34-17-20-10-7-9-19-8-3-4-11-21(19)20/h3-4,7-11,14-16,22,25H,5-6,12-13,17H2,1-2H3,(H,31,32)/b30-16-/t22-,25+,28-/m1/s1. The van der Waals surface area contributed by atoms with Gasteiger partial charge in [-0.1, -0.05) is 62.2 Å². The fourth-order valence-corrected chi connectivity index (χ4v) is 6.19. The number of benzene rings is 3. The highest BCUT2D eigenvalue weighted by molar-refractivity contribution is 9.10. The Morgan fingerprint density at radius 2 is 2.03 bits per heavy atom. The van der Waals surface area contributed by atoms with Crippen LogP contribution in [0, 0.1) is 17.3 Å². The zero-order valence-corrected chi connectivity index (χ0v) is 21.1. The lowest BCUT2D eigenvalue weighted by Gasteiger charge is -2.15. The molecule has 1 amide bonds. The van der Waals surface area contributed by atoms with E-state index in [4.69, 9.17) is 9.47 Å². The molecule has 0 aromatic heterocycles. The van der Waals surface area contributed by atoms with Crippen molar-refractivity contribution in [3.05, 3.63) is 70.2 Å². The van der Waals surface area contributed by atoms with Gasteiger partial charge in [0.1, 0.15) is 6.61 Å². The van der Waals surface area contributed by atoms with E-state index in [2.05, 4.69) is 57.6 Å². The van der Waals surface area contributed by atoms with Crippen LogP contribution < -0.4 is 14.9 Å². The molecule has 6 heteroatoms. The summed E-state index contributed by atoms with van der Waals surface area (Å²) >= 11 is 3.61. The number of nitrogens with one attached hydrogen (secondary N) is 1. The van der Waals surface area contributed by atoms with E-state index < -0.39 is 0 Å². The van der Waals surface area contributed by atoms with E-state index in [1.54, 1.807) is 13.3 Å². The number of hydrogen-bond acceptors (Lipinski definition) is 4. The molecule has 1 N–H and O–H groups in total. The molecule has 2 aliphatic rings. The molecule has 2 fully saturated rings. The Bertz CT molecular complexity index is 1250. The Morgan fingerprint density at radius 1 is 1.21 bits per heavy atom. The molecule has 176 valence electrons. The van der Waals surface area contributed by atoms with E-state index in [0.717, 1.165) is 28.4 Å². The lowest BCUT2D eigenvalue weighted by atomic mass is 9.90. The second-order valence-corrected chi connectivity index (χ2v) is 10.4. The first-order valence-corrected chi connectivity index (χ1v) is 12.6. The lowest BCUT2D eigenvalue weighted by molar-refractivity contribution is -0.123. The molecule has 0 heterocycles. The van der Waals surface area contributed by atoms with Crippen LogP contribution in [0.5, 0.6) is 11.5 Å². The fourth-order valence-electron chi connectivity index (χ4n) is 5.61. The summed E-state index contributed by atoms with van der Waals surface area (Å²) in [5.41, 5.74) is 4.84. The van der Waals surface area contributed by atoms with E-state index in [-0.39, 0.29) is 17.2 Å². The number of ether oxygens (including phenoxy) is 2. The Balaban J connectivity index is 1.26. The number of carbonyl (C=O) groups excluding carboxylic acids is 1. The molecule has 5 rings (SSSR count). The van der Waals surface area contributed by atoms with Gasteiger partial charge in [-0.2, -0.15) is 5.10 Å². The van der Waals surface area contributed by atoms with Crippen LogP contribution in [0.4, 0.5) is 0 Å². The van der Waals surface area contributed by atoms with E-state index in [9.17, 15) is 4.79 Å². The van der Waals surface area contributed by atoms with Crippen LogP contribution in [0.15, 0.2) is 64.2 Å². The summed E-state index contributed by atoms with van der Waals surface area (Å²) in [5.74, 6) is 1.88. The van der Waals surface area contributed by atoms with Gasteiger partial charge in [0.05, 0.1) is 17.8 Å². The molecular formula is C28H29BrN2O3. The summed E-state index contributed by atoms with van der Waals surface area (Å²) in [6.07, 6.45) is 6.40. The maximum atomic E-state index is 12.6. The van der Waals surface area contributed by atoms with Crippen molar-refractivity contribution >= 4 is 38.8 Å². The van der Waals surface area contributed by atoms with Crippen LogP contribution in [0.3, 0.4) is 0 Å². The largest absolute Gasteiger partial charge is 0.493 e. The summed E-state index contributed by atoms with van der Waals surface area (Å²) < 4.78 is 12.5. The van der Waals surface area contributed by atoms with Crippen molar-refractivity contribution in [1.29, 1.82) is 0 Å². The quantitative estimate of drug-likeness (QED) is 0.287. The Labute approximate surface area is 208 Å². The summed E-state index contributed by atoms with van der Waals surface area (Å²) in [4.78, 5) is 12.6. The third-order valence-corrected chi connectivity index (χ3v) is 8.09. The van der Waals surface area contributed by atoms with Crippen LogP contribution in [0.2, 0.25) is 0 Å². The molecule has 2 saturated carbocycles. The van der Waals surface area contributed by atoms with Crippen molar-refractivity contribution in [2.45, 2.75) is 39.2 Å². The molecular weight excluding hydrogens is 492 g/mol. The van der Waals surface area contributed by atoms with Gasteiger partial charge in [0, 0.05) is 5.92 Å². The monoisotopic (exact) mass is 520 g/mol. The molecule has 5 nitrogen and oxygen atoms in total. The molecule has 0 radical (unpaired) electrons. The third kappa shape index (κ3) is 4.31. The maximum absolute atomic E-state index is 12.6. The SMILES string of the molecule is COc1cc(/C=N\NC(=O)[C@@H]2[C@H]3CCCC[C@]32C)cc(Br)c1OCc1cccc2ccccc12. The van der Waals surface area contributed by atoms with Crippen molar-refractivity contribution < 1.29 is 14.3 Å². The van der Waals surface area contributed by atoms with E-state index in [0.29, 0.717) is 24.0 Å². The molecule has 0 spiro atoms. The topological polar surface area (TPSA) is 59.9 Å². The van der Waals surface area contributed by atoms with Crippen molar-refractivity contribution in [2.24, 2.45) is 22.4 Å². The Hall–Kier alpha value is -2.86. The van der Waals surface area contributed by atoms with E-state index in [1.165, 1.54) is 23.6 Å². The van der Waals surface area contributed by atoms with Crippen LogP contribution in [0.25, 0.3) is 10.8 Å². The summed E-state index contributed by atoms with van der Waals surface area (Å²) in [7, 11) is 1.62. The summed E-state index contributed by atoms with van der Waals surface area (Å²) in [6.45, 7) is 2.66. The van der Waals surface area contributed by atoms with Gasteiger partial charge in [-0.15, -0.1) is 0 Å². The second kappa shape index (κ2) is 9.41. The lowest BCUT2D eigenvalue weighted by Crippen LogP contribution is -2.22. The van der Waals surface area contributed by atoms with Crippen molar-refractivity contribution in [1.82, 2.24) is 5.43 Å². The number of amides is 1. The number of rotatable bonds is 7. The van der Waals surface area contributed by atoms with E-state index in [1.807, 2.05) is 30.3 Å². The minimum Gasteiger partial charge on any atom is -0.493 e. The summed E-state index contributed by atoms with van der Waals surface area (Å²) in [5, 5.41) is 6.58. The second-order valence-electron chi connectivity index (χ2n) is 9.53. The normalized spacial score (nSPS) is 23.5. The number of fused-ring (bicyclic) bond motifs is 2. The zero-order chi connectivity index (χ0) is 23.7. The smallest absolute Gasteiger partial charge is 0.244 e. The molecule has 3 atom stereocenters. The molecule has 0 unspecified atom stereocenters. The highest BCUT2D eigenvalue weighted by Gasteiger charge is 2.64. The molecule has 3 aromatic carbocycles. The number of hydrogen-bond donors (Lipinski definition) is 1. The zero-order valence-electron chi connectivity index (χ0n) is 19.5. The molecule has 0 aliphatic heterocycles. The molecule has 0 saturated heterocycles. The van der Waals surface area contributed by atoms with Crippen LogP contribution in [0.1, 0.15) is 43.7 Å². The number of methoxy groups -OCH3 is 1. The first kappa shape index (κ1) is 22.9. The van der Waals surface area contributed by atoms with Crippen LogP contribution in [-0.4, -0.2) is 19.2 Å². The van der Waals surface area contributed by atoms with Crippen molar-refractivity contribution in [3.8, 4) is 11.5 Å². The molecule has 2 aliphatic carbocycles. The minimum atomic E-state index is 0.0340. The number of hydrazone groups is 1. The first-order valence-electron chi connectivity index (χ1n) is 11.8.